The van der Waals surface area contributed by atoms with Crippen molar-refractivity contribution in [1.82, 2.24) is 0 Å². The highest BCUT2D eigenvalue weighted by Gasteiger charge is 2.35. The third kappa shape index (κ3) is 2.61. The van der Waals surface area contributed by atoms with Gasteiger partial charge in [-0.1, -0.05) is 57.2 Å². The molecule has 1 aliphatic rings. The first-order chi connectivity index (χ1) is 10.7. The van der Waals surface area contributed by atoms with Crippen molar-refractivity contribution in [2.24, 2.45) is 5.41 Å². The summed E-state index contributed by atoms with van der Waals surface area (Å²) in [4.78, 5) is 0. The highest BCUT2D eigenvalue weighted by molar-refractivity contribution is 5.83. The zero-order valence-electron chi connectivity index (χ0n) is 14.4. The summed E-state index contributed by atoms with van der Waals surface area (Å²) in [6.45, 7) is 8.52. The molecule has 118 valence electrons. The lowest BCUT2D eigenvalue weighted by atomic mass is 9.71. The van der Waals surface area contributed by atoms with Gasteiger partial charge in [-0.05, 0) is 46.6 Å². The van der Waals surface area contributed by atoms with Gasteiger partial charge in [0.25, 0.3) is 0 Å². The molecule has 3 rings (SSSR count). The van der Waals surface area contributed by atoms with E-state index in [2.05, 4.69) is 63.2 Å². The fourth-order valence-corrected chi connectivity index (χ4v) is 3.97. The number of nitriles is 1. The molecule has 0 bridgehead atoms. The number of anilines is 1. The molecule has 0 saturated heterocycles. The Morgan fingerprint density at radius 2 is 1.74 bits per heavy atom. The second-order valence-corrected chi connectivity index (χ2v) is 8.07. The van der Waals surface area contributed by atoms with Crippen LogP contribution in [0.2, 0.25) is 0 Å². The molecule has 2 N–H and O–H groups in total. The molecular weight excluding hydrogens is 280 g/mol. The van der Waals surface area contributed by atoms with Crippen molar-refractivity contribution in [2.45, 2.75) is 46.0 Å². The molecule has 0 aliphatic heterocycles. The van der Waals surface area contributed by atoms with Gasteiger partial charge in [-0.2, -0.15) is 5.26 Å². The Morgan fingerprint density at radius 3 is 2.39 bits per heavy atom. The minimum absolute atomic E-state index is 0.0684. The first kappa shape index (κ1) is 15.6. The average molecular weight is 304 g/mol. The largest absolute Gasteiger partial charge is 0.398 e. The summed E-state index contributed by atoms with van der Waals surface area (Å²) in [6, 6.07) is 15.2. The molecule has 0 heterocycles. The molecule has 1 aliphatic carbocycles. The van der Waals surface area contributed by atoms with Crippen LogP contribution in [-0.2, 0) is 11.8 Å². The Hall–Kier alpha value is -2.27. The number of nitrogens with two attached hydrogens (primary N) is 1. The van der Waals surface area contributed by atoms with Gasteiger partial charge in [0.15, 0.2) is 0 Å². The Kier molecular flexibility index (Phi) is 3.48. The van der Waals surface area contributed by atoms with Gasteiger partial charge in [-0.25, -0.2) is 0 Å². The predicted molar refractivity (Wildman–Crippen MR) is 96.1 cm³/mol. The van der Waals surface area contributed by atoms with Crippen molar-refractivity contribution in [3.05, 3.63) is 53.1 Å². The number of hydrogen-bond acceptors (Lipinski definition) is 2. The highest BCUT2D eigenvalue weighted by atomic mass is 14.6. The zero-order valence-corrected chi connectivity index (χ0v) is 14.4. The van der Waals surface area contributed by atoms with Gasteiger partial charge in [0.1, 0.15) is 0 Å². The van der Waals surface area contributed by atoms with Crippen LogP contribution in [0.4, 0.5) is 5.69 Å². The quantitative estimate of drug-likeness (QED) is 0.673. The van der Waals surface area contributed by atoms with E-state index in [-0.39, 0.29) is 5.41 Å². The van der Waals surface area contributed by atoms with Crippen LogP contribution in [-0.4, -0.2) is 0 Å². The van der Waals surface area contributed by atoms with E-state index in [4.69, 9.17) is 5.73 Å². The Labute approximate surface area is 138 Å². The molecule has 0 amide bonds. The number of fused-ring (bicyclic) bond motifs is 3. The first-order valence-corrected chi connectivity index (χ1v) is 8.16. The lowest BCUT2D eigenvalue weighted by Gasteiger charge is -2.31. The third-order valence-corrected chi connectivity index (χ3v) is 4.76. The van der Waals surface area contributed by atoms with Crippen LogP contribution in [0, 0.1) is 16.7 Å². The van der Waals surface area contributed by atoms with Crippen molar-refractivity contribution in [3.63, 3.8) is 0 Å². The van der Waals surface area contributed by atoms with Gasteiger partial charge >= 0.3 is 0 Å². The van der Waals surface area contributed by atoms with Gasteiger partial charge in [0, 0.05) is 12.1 Å². The summed E-state index contributed by atoms with van der Waals surface area (Å²) >= 11 is 0. The fraction of sp³-hybridized carbons (Fsp3) is 0.381. The van der Waals surface area contributed by atoms with Crippen LogP contribution in [0.25, 0.3) is 11.1 Å². The van der Waals surface area contributed by atoms with E-state index >= 15 is 0 Å². The maximum Gasteiger partial charge on any atom is 0.0819 e. The summed E-state index contributed by atoms with van der Waals surface area (Å²) in [5.41, 5.74) is 12.8. The molecule has 1 atom stereocenters. The Balaban J connectivity index is 2.11. The molecule has 2 nitrogen and oxygen atoms in total. The SMILES string of the molecule is CC(C)(C)CC(C)(C#N)c1ccc2c(c1N)Cc1ccccc1-2. The van der Waals surface area contributed by atoms with Gasteiger partial charge in [0.05, 0.1) is 11.5 Å². The molecule has 2 heteroatoms. The molecule has 2 aromatic rings. The monoisotopic (exact) mass is 304 g/mol. The van der Waals surface area contributed by atoms with Gasteiger partial charge in [-0.3, -0.25) is 0 Å². The summed E-state index contributed by atoms with van der Waals surface area (Å²) in [5.74, 6) is 0. The van der Waals surface area contributed by atoms with Crippen molar-refractivity contribution in [2.75, 3.05) is 5.73 Å². The summed E-state index contributed by atoms with van der Waals surface area (Å²) < 4.78 is 0. The number of benzene rings is 2. The average Bonchev–Trinajstić information content (AvgIpc) is 2.85. The van der Waals surface area contributed by atoms with Gasteiger partial charge in [-0.15, -0.1) is 0 Å². The minimum Gasteiger partial charge on any atom is -0.398 e. The third-order valence-electron chi connectivity index (χ3n) is 4.76. The topological polar surface area (TPSA) is 49.8 Å². The molecule has 0 radical (unpaired) electrons. The summed E-state index contributed by atoms with van der Waals surface area (Å²) in [5, 5.41) is 9.84. The van der Waals surface area contributed by atoms with E-state index in [1.165, 1.54) is 22.3 Å². The predicted octanol–water partition coefficient (Wildman–Crippen LogP) is 5.06. The maximum absolute atomic E-state index is 9.84. The minimum atomic E-state index is -0.563. The number of hydrogen-bond donors (Lipinski definition) is 1. The highest BCUT2D eigenvalue weighted by Crippen LogP contribution is 2.45. The zero-order chi connectivity index (χ0) is 16.8. The first-order valence-electron chi connectivity index (χ1n) is 8.16. The Morgan fingerprint density at radius 1 is 1.04 bits per heavy atom. The van der Waals surface area contributed by atoms with E-state index in [0.717, 1.165) is 24.1 Å². The van der Waals surface area contributed by atoms with Crippen LogP contribution in [0.3, 0.4) is 0 Å². The van der Waals surface area contributed by atoms with Gasteiger partial charge in [0.2, 0.25) is 0 Å². The number of nitrogens with zero attached hydrogens (tertiary/aromatic N) is 1. The molecule has 1 unspecified atom stereocenters. The molecule has 0 fully saturated rings. The molecule has 2 aromatic carbocycles. The van der Waals surface area contributed by atoms with Crippen molar-refractivity contribution in [1.29, 1.82) is 5.26 Å². The second-order valence-electron chi connectivity index (χ2n) is 8.07. The van der Waals surface area contributed by atoms with E-state index in [1.54, 1.807) is 0 Å². The molecular formula is C21H24N2. The van der Waals surface area contributed by atoms with Gasteiger partial charge < -0.3 is 5.73 Å². The lowest BCUT2D eigenvalue weighted by Crippen LogP contribution is -2.28. The summed E-state index contributed by atoms with van der Waals surface area (Å²) in [7, 11) is 0. The van der Waals surface area contributed by atoms with E-state index in [0.29, 0.717) is 0 Å². The fourth-order valence-electron chi connectivity index (χ4n) is 3.97. The molecule has 0 spiro atoms. The second kappa shape index (κ2) is 5.13. The van der Waals surface area contributed by atoms with Crippen molar-refractivity contribution >= 4 is 5.69 Å². The van der Waals surface area contributed by atoms with Crippen LogP contribution < -0.4 is 5.73 Å². The van der Waals surface area contributed by atoms with E-state index < -0.39 is 5.41 Å². The normalized spacial score (nSPS) is 15.4. The number of rotatable bonds is 2. The number of nitrogen functional groups attached to an aromatic ring is 1. The summed E-state index contributed by atoms with van der Waals surface area (Å²) in [6.07, 6.45) is 1.65. The smallest absolute Gasteiger partial charge is 0.0819 e. The maximum atomic E-state index is 9.84. The molecule has 23 heavy (non-hydrogen) atoms. The standard InChI is InChI=1S/C21H24N2/c1-20(2,3)12-21(4,13-22)18-10-9-16-15-8-6-5-7-14(15)11-17(16)19(18)23/h5-10H,11-12,23H2,1-4H3. The van der Waals surface area contributed by atoms with Crippen molar-refractivity contribution in [3.8, 4) is 17.2 Å². The van der Waals surface area contributed by atoms with Crippen LogP contribution >= 0.6 is 0 Å². The Bertz CT molecular complexity index is 806. The van der Waals surface area contributed by atoms with Crippen LogP contribution in [0.1, 0.15) is 50.8 Å². The van der Waals surface area contributed by atoms with E-state index in [9.17, 15) is 5.26 Å². The molecule has 0 aromatic heterocycles. The van der Waals surface area contributed by atoms with Crippen molar-refractivity contribution < 1.29 is 0 Å². The molecule has 0 saturated carbocycles. The lowest BCUT2D eigenvalue weighted by molar-refractivity contribution is 0.311. The van der Waals surface area contributed by atoms with E-state index in [1.807, 2.05) is 6.92 Å². The van der Waals surface area contributed by atoms with Crippen LogP contribution in [0.15, 0.2) is 36.4 Å². The van der Waals surface area contributed by atoms with Crippen LogP contribution in [0.5, 0.6) is 0 Å².